The Morgan fingerprint density at radius 2 is 2.42 bits per heavy atom. The number of likely N-dealkylation sites (N-methyl/N-ethyl adjacent to an activating group) is 1. The zero-order valence-corrected chi connectivity index (χ0v) is 12.2. The van der Waals surface area contributed by atoms with E-state index >= 15 is 0 Å². The van der Waals surface area contributed by atoms with E-state index in [2.05, 4.69) is 26.1 Å². The van der Waals surface area contributed by atoms with Crippen molar-refractivity contribution in [1.29, 1.82) is 0 Å². The molecule has 1 saturated heterocycles. The van der Waals surface area contributed by atoms with Gasteiger partial charge in [-0.25, -0.2) is 0 Å². The highest BCUT2D eigenvalue weighted by Crippen LogP contribution is 2.27. The molecule has 1 atom stereocenters. The lowest BCUT2D eigenvalue weighted by molar-refractivity contribution is -0.384. The number of ether oxygens (including phenoxy) is 1. The summed E-state index contributed by atoms with van der Waals surface area (Å²) < 4.78 is 6.42. The summed E-state index contributed by atoms with van der Waals surface area (Å²) in [5.74, 6) is 0. The van der Waals surface area contributed by atoms with Crippen LogP contribution in [0.15, 0.2) is 22.7 Å². The average molecular weight is 330 g/mol. The molecule has 1 aliphatic rings. The molecule has 1 fully saturated rings. The number of nitro groups is 1. The minimum atomic E-state index is -0.386. The monoisotopic (exact) mass is 329 g/mol. The molecule has 104 valence electrons. The minimum Gasteiger partial charge on any atom is -0.377 e. The summed E-state index contributed by atoms with van der Waals surface area (Å²) in [5.41, 5.74) is 0.587. The molecule has 0 saturated carbocycles. The number of nitrogens with zero attached hydrogens (tertiary/aromatic N) is 2. The first-order valence-corrected chi connectivity index (χ1v) is 6.83. The van der Waals surface area contributed by atoms with Crippen molar-refractivity contribution in [1.82, 2.24) is 4.90 Å². The maximum Gasteiger partial charge on any atom is 0.292 e. The predicted molar refractivity (Wildman–Crippen MR) is 76.5 cm³/mol. The Morgan fingerprint density at radius 1 is 1.63 bits per heavy atom. The molecule has 1 aromatic carbocycles. The number of hydrogen-bond donors (Lipinski definition) is 1. The lowest BCUT2D eigenvalue weighted by Gasteiger charge is -2.30. The Bertz CT molecular complexity index is 470. The molecular weight excluding hydrogens is 314 g/mol. The van der Waals surface area contributed by atoms with Crippen LogP contribution < -0.4 is 5.32 Å². The molecule has 2 rings (SSSR count). The largest absolute Gasteiger partial charge is 0.377 e. The van der Waals surface area contributed by atoms with Gasteiger partial charge in [-0.05, 0) is 19.2 Å². The van der Waals surface area contributed by atoms with Crippen molar-refractivity contribution in [3.8, 4) is 0 Å². The van der Waals surface area contributed by atoms with Gasteiger partial charge in [-0.2, -0.15) is 0 Å². The highest BCUT2D eigenvalue weighted by molar-refractivity contribution is 9.10. The Kier molecular flexibility index (Phi) is 4.73. The quantitative estimate of drug-likeness (QED) is 0.676. The zero-order chi connectivity index (χ0) is 13.8. The van der Waals surface area contributed by atoms with Crippen molar-refractivity contribution in [2.75, 3.05) is 38.6 Å². The van der Waals surface area contributed by atoms with E-state index in [9.17, 15) is 10.1 Å². The first-order chi connectivity index (χ1) is 9.06. The number of anilines is 1. The lowest BCUT2D eigenvalue weighted by atomic mass is 10.2. The maximum atomic E-state index is 10.9. The van der Waals surface area contributed by atoms with Crippen LogP contribution in [-0.2, 0) is 4.74 Å². The van der Waals surface area contributed by atoms with Crippen LogP contribution in [0, 0.1) is 10.1 Å². The molecular formula is C12H16BrN3O3. The standard InChI is InChI=1S/C12H16BrN3O3/c1-15-4-5-19-10(8-15)7-14-11-6-9(13)2-3-12(11)16(17)18/h2-3,6,10,14H,4-5,7-8H2,1H3. The smallest absolute Gasteiger partial charge is 0.292 e. The molecule has 0 aliphatic carbocycles. The summed E-state index contributed by atoms with van der Waals surface area (Å²) in [6.45, 7) is 3.01. The van der Waals surface area contributed by atoms with Crippen LogP contribution in [0.25, 0.3) is 0 Å². The zero-order valence-electron chi connectivity index (χ0n) is 10.6. The molecule has 6 nitrogen and oxygen atoms in total. The molecule has 0 amide bonds. The summed E-state index contributed by atoms with van der Waals surface area (Å²) in [7, 11) is 2.04. The fourth-order valence-corrected chi connectivity index (χ4v) is 2.38. The van der Waals surface area contributed by atoms with Gasteiger partial charge < -0.3 is 15.0 Å². The van der Waals surface area contributed by atoms with Gasteiger partial charge in [-0.15, -0.1) is 0 Å². The first-order valence-electron chi connectivity index (χ1n) is 6.04. The molecule has 1 heterocycles. The molecule has 7 heteroatoms. The Labute approximate surface area is 120 Å². The van der Waals surface area contributed by atoms with Crippen molar-refractivity contribution in [2.24, 2.45) is 0 Å². The third-order valence-electron chi connectivity index (χ3n) is 3.02. The number of morpholine rings is 1. The van der Waals surface area contributed by atoms with Gasteiger partial charge in [-0.3, -0.25) is 10.1 Å². The van der Waals surface area contributed by atoms with Gasteiger partial charge >= 0.3 is 0 Å². The summed E-state index contributed by atoms with van der Waals surface area (Å²) >= 11 is 3.32. The fourth-order valence-electron chi connectivity index (χ4n) is 2.02. The SMILES string of the molecule is CN1CCOC(CNc2cc(Br)ccc2[N+](=O)[O-])C1. The number of nitro benzene ring substituents is 1. The summed E-state index contributed by atoms with van der Waals surface area (Å²) in [5, 5.41) is 14.0. The molecule has 0 spiro atoms. The van der Waals surface area contributed by atoms with E-state index in [1.807, 2.05) is 7.05 Å². The van der Waals surface area contributed by atoms with Crippen molar-refractivity contribution < 1.29 is 9.66 Å². The highest BCUT2D eigenvalue weighted by Gasteiger charge is 2.19. The van der Waals surface area contributed by atoms with Gasteiger partial charge in [0.15, 0.2) is 0 Å². The van der Waals surface area contributed by atoms with E-state index < -0.39 is 0 Å². The minimum absolute atomic E-state index is 0.0531. The fraction of sp³-hybridized carbons (Fsp3) is 0.500. The molecule has 19 heavy (non-hydrogen) atoms. The molecule has 1 aliphatic heterocycles. The van der Waals surface area contributed by atoms with Gasteiger partial charge in [0.05, 0.1) is 17.6 Å². The van der Waals surface area contributed by atoms with Gasteiger partial charge in [-0.1, -0.05) is 15.9 Å². The molecule has 0 bridgehead atoms. The average Bonchev–Trinajstić information content (AvgIpc) is 2.36. The van der Waals surface area contributed by atoms with Crippen LogP contribution in [0.5, 0.6) is 0 Å². The van der Waals surface area contributed by atoms with Gasteiger partial charge in [0.2, 0.25) is 0 Å². The topological polar surface area (TPSA) is 67.6 Å². The summed E-state index contributed by atoms with van der Waals surface area (Å²) in [6, 6.07) is 4.86. The summed E-state index contributed by atoms with van der Waals surface area (Å²) in [6.07, 6.45) is 0.0531. The van der Waals surface area contributed by atoms with Crippen molar-refractivity contribution in [3.05, 3.63) is 32.8 Å². The number of rotatable bonds is 4. The molecule has 1 aromatic rings. The highest BCUT2D eigenvalue weighted by atomic mass is 79.9. The van der Waals surface area contributed by atoms with E-state index in [0.29, 0.717) is 18.8 Å². The molecule has 1 unspecified atom stereocenters. The van der Waals surface area contributed by atoms with E-state index in [1.54, 1.807) is 12.1 Å². The van der Waals surface area contributed by atoms with Crippen LogP contribution in [0.3, 0.4) is 0 Å². The van der Waals surface area contributed by atoms with Crippen molar-refractivity contribution in [3.63, 3.8) is 0 Å². The van der Waals surface area contributed by atoms with Gasteiger partial charge in [0.25, 0.3) is 5.69 Å². The van der Waals surface area contributed by atoms with Gasteiger partial charge in [0, 0.05) is 30.2 Å². The third-order valence-corrected chi connectivity index (χ3v) is 3.51. The second-order valence-corrected chi connectivity index (χ2v) is 5.47. The third kappa shape index (κ3) is 3.89. The van der Waals surface area contributed by atoms with Crippen LogP contribution >= 0.6 is 15.9 Å². The van der Waals surface area contributed by atoms with Crippen molar-refractivity contribution >= 4 is 27.3 Å². The van der Waals surface area contributed by atoms with Crippen LogP contribution in [0.2, 0.25) is 0 Å². The Balaban J connectivity index is 2.02. The molecule has 0 aromatic heterocycles. The predicted octanol–water partition coefficient (Wildman–Crippen LogP) is 2.10. The first kappa shape index (κ1) is 14.2. The second-order valence-electron chi connectivity index (χ2n) is 4.55. The molecule has 1 N–H and O–H groups in total. The second kappa shape index (κ2) is 6.31. The van der Waals surface area contributed by atoms with Crippen LogP contribution in [-0.4, -0.2) is 49.2 Å². The van der Waals surface area contributed by atoms with Crippen LogP contribution in [0.4, 0.5) is 11.4 Å². The summed E-state index contributed by atoms with van der Waals surface area (Å²) in [4.78, 5) is 12.7. The number of benzene rings is 1. The van der Waals surface area contributed by atoms with E-state index in [4.69, 9.17) is 4.74 Å². The van der Waals surface area contributed by atoms with Crippen molar-refractivity contribution in [2.45, 2.75) is 6.10 Å². The normalized spacial score (nSPS) is 20.2. The lowest BCUT2D eigenvalue weighted by Crippen LogP contribution is -2.43. The molecule has 0 radical (unpaired) electrons. The van der Waals surface area contributed by atoms with E-state index in [0.717, 1.165) is 17.6 Å². The number of halogens is 1. The number of hydrogen-bond acceptors (Lipinski definition) is 5. The van der Waals surface area contributed by atoms with Crippen LogP contribution in [0.1, 0.15) is 0 Å². The van der Waals surface area contributed by atoms with Gasteiger partial charge in [0.1, 0.15) is 5.69 Å². The van der Waals surface area contributed by atoms with E-state index in [-0.39, 0.29) is 16.7 Å². The maximum absolute atomic E-state index is 10.9. The Hall–Kier alpha value is -1.18. The Morgan fingerprint density at radius 3 is 3.11 bits per heavy atom. The van der Waals surface area contributed by atoms with E-state index in [1.165, 1.54) is 6.07 Å². The number of nitrogens with one attached hydrogen (secondary N) is 1.